The Morgan fingerprint density at radius 3 is 3.06 bits per heavy atom. The Morgan fingerprint density at radius 2 is 2.28 bits per heavy atom. The van der Waals surface area contributed by atoms with Crippen LogP contribution in [-0.4, -0.2) is 21.3 Å². The van der Waals surface area contributed by atoms with Gasteiger partial charge in [0.2, 0.25) is 0 Å². The Hall–Kier alpha value is -1.59. The first kappa shape index (κ1) is 11.5. The molecule has 2 heterocycles. The van der Waals surface area contributed by atoms with Crippen LogP contribution in [0.15, 0.2) is 36.7 Å². The minimum absolute atomic E-state index is 0.755. The van der Waals surface area contributed by atoms with E-state index in [1.54, 1.807) is 17.5 Å². The molecule has 0 saturated carbocycles. The van der Waals surface area contributed by atoms with Gasteiger partial charge in [-0.3, -0.25) is 4.68 Å². The number of hydrogen-bond donors (Lipinski definition) is 1. The lowest BCUT2D eigenvalue weighted by molar-refractivity contribution is 0.638. The van der Waals surface area contributed by atoms with Gasteiger partial charge in [0.25, 0.3) is 0 Å². The summed E-state index contributed by atoms with van der Waals surface area (Å²) in [5.74, 6) is 0. The summed E-state index contributed by atoms with van der Waals surface area (Å²) < 4.78 is 2.91. The van der Waals surface area contributed by atoms with Gasteiger partial charge in [-0.25, -0.2) is 4.98 Å². The van der Waals surface area contributed by atoms with Gasteiger partial charge in [0, 0.05) is 18.9 Å². The van der Waals surface area contributed by atoms with Crippen molar-refractivity contribution in [3.63, 3.8) is 0 Å². The summed E-state index contributed by atoms with van der Waals surface area (Å²) in [6, 6.07) is 7.68. The maximum absolute atomic E-state index is 6.11. The van der Waals surface area contributed by atoms with Crippen LogP contribution in [0.1, 0.15) is 0 Å². The second kappa shape index (κ2) is 4.96. The van der Waals surface area contributed by atoms with E-state index < -0.39 is 0 Å². The minimum atomic E-state index is 0.755. The maximum atomic E-state index is 6.11. The molecule has 0 spiro atoms. The molecule has 2 aromatic heterocycles. The largest absolute Gasteiger partial charge is 0.360 e. The van der Waals surface area contributed by atoms with Crippen LogP contribution in [0.4, 0.5) is 5.13 Å². The Kier molecular flexibility index (Phi) is 3.17. The first-order valence-corrected chi connectivity index (χ1v) is 6.79. The summed E-state index contributed by atoms with van der Waals surface area (Å²) in [4.78, 5) is 4.49. The molecule has 0 aliphatic heterocycles. The van der Waals surface area contributed by atoms with Crippen molar-refractivity contribution in [1.82, 2.24) is 14.8 Å². The molecule has 0 atom stereocenters. The highest BCUT2D eigenvalue weighted by molar-refractivity contribution is 7.22. The monoisotopic (exact) mass is 278 g/mol. The number of hydrogen-bond acceptors (Lipinski definition) is 4. The number of fused-ring (bicyclic) bond motifs is 1. The molecule has 0 aliphatic rings. The topological polar surface area (TPSA) is 42.7 Å². The van der Waals surface area contributed by atoms with Crippen LogP contribution in [-0.2, 0) is 6.54 Å². The summed E-state index contributed by atoms with van der Waals surface area (Å²) in [6.07, 6.45) is 3.72. The quantitative estimate of drug-likeness (QED) is 0.796. The van der Waals surface area contributed by atoms with Gasteiger partial charge in [-0.2, -0.15) is 5.10 Å². The van der Waals surface area contributed by atoms with Crippen molar-refractivity contribution in [3.05, 3.63) is 41.7 Å². The molecule has 18 heavy (non-hydrogen) atoms. The third kappa shape index (κ3) is 2.32. The lowest BCUT2D eigenvalue weighted by atomic mass is 10.3. The van der Waals surface area contributed by atoms with E-state index in [-0.39, 0.29) is 0 Å². The van der Waals surface area contributed by atoms with Crippen molar-refractivity contribution in [2.24, 2.45) is 0 Å². The number of aromatic nitrogens is 3. The normalized spacial score (nSPS) is 10.9. The highest BCUT2D eigenvalue weighted by Gasteiger charge is 2.05. The maximum Gasteiger partial charge on any atom is 0.183 e. The van der Waals surface area contributed by atoms with Crippen molar-refractivity contribution in [2.75, 3.05) is 11.9 Å². The number of rotatable bonds is 4. The Morgan fingerprint density at radius 1 is 1.33 bits per heavy atom. The van der Waals surface area contributed by atoms with Crippen LogP contribution in [0.5, 0.6) is 0 Å². The molecule has 0 amide bonds. The SMILES string of the molecule is Clc1cccc2nc(NCCn3cccn3)sc12. The molecule has 0 fully saturated rings. The third-order valence-electron chi connectivity index (χ3n) is 2.54. The molecule has 0 radical (unpaired) electrons. The first-order chi connectivity index (χ1) is 8.83. The molecular formula is C12H11ClN4S. The van der Waals surface area contributed by atoms with Crippen molar-refractivity contribution >= 4 is 38.3 Å². The van der Waals surface area contributed by atoms with Gasteiger partial charge in [-0.1, -0.05) is 29.0 Å². The fourth-order valence-electron chi connectivity index (χ4n) is 1.70. The number of halogens is 1. The second-order valence-electron chi connectivity index (χ2n) is 3.80. The Bertz CT molecular complexity index is 647. The molecule has 0 saturated heterocycles. The highest BCUT2D eigenvalue weighted by atomic mass is 35.5. The van der Waals surface area contributed by atoms with E-state index in [1.165, 1.54) is 0 Å². The molecule has 1 N–H and O–H groups in total. The molecule has 3 aromatic rings. The molecule has 4 nitrogen and oxygen atoms in total. The van der Waals surface area contributed by atoms with Gasteiger partial charge in [-0.15, -0.1) is 0 Å². The average Bonchev–Trinajstić information content (AvgIpc) is 2.98. The van der Waals surface area contributed by atoms with Crippen LogP contribution >= 0.6 is 22.9 Å². The van der Waals surface area contributed by atoms with Gasteiger partial charge in [0.15, 0.2) is 5.13 Å². The Balaban J connectivity index is 1.69. The fourth-order valence-corrected chi connectivity index (χ4v) is 2.88. The molecule has 6 heteroatoms. The van der Waals surface area contributed by atoms with Crippen molar-refractivity contribution in [1.29, 1.82) is 0 Å². The minimum Gasteiger partial charge on any atom is -0.360 e. The smallest absolute Gasteiger partial charge is 0.183 e. The number of thiazole rings is 1. The van der Waals surface area contributed by atoms with Crippen molar-refractivity contribution < 1.29 is 0 Å². The molecule has 92 valence electrons. The first-order valence-electron chi connectivity index (χ1n) is 5.59. The van der Waals surface area contributed by atoms with Crippen LogP contribution in [0.25, 0.3) is 10.2 Å². The van der Waals surface area contributed by atoms with Crippen LogP contribution < -0.4 is 5.32 Å². The van der Waals surface area contributed by atoms with E-state index in [2.05, 4.69) is 15.4 Å². The summed E-state index contributed by atoms with van der Waals surface area (Å²) in [7, 11) is 0. The molecule has 0 unspecified atom stereocenters. The van der Waals surface area contributed by atoms with Gasteiger partial charge >= 0.3 is 0 Å². The highest BCUT2D eigenvalue weighted by Crippen LogP contribution is 2.31. The number of nitrogens with one attached hydrogen (secondary N) is 1. The average molecular weight is 279 g/mol. The van der Waals surface area contributed by atoms with E-state index in [0.717, 1.165) is 33.5 Å². The summed E-state index contributed by atoms with van der Waals surface area (Å²) in [6.45, 7) is 1.61. The van der Waals surface area contributed by atoms with Gasteiger partial charge in [0.05, 0.1) is 21.8 Å². The zero-order valence-corrected chi connectivity index (χ0v) is 11.1. The van der Waals surface area contributed by atoms with Gasteiger partial charge < -0.3 is 5.32 Å². The summed E-state index contributed by atoms with van der Waals surface area (Å²) in [5.41, 5.74) is 0.939. The summed E-state index contributed by atoms with van der Waals surface area (Å²) >= 11 is 7.69. The van der Waals surface area contributed by atoms with Crippen LogP contribution in [0.2, 0.25) is 5.02 Å². The molecule has 1 aromatic carbocycles. The summed E-state index contributed by atoms with van der Waals surface area (Å²) in [5, 5.41) is 9.08. The zero-order chi connectivity index (χ0) is 12.4. The van der Waals surface area contributed by atoms with E-state index in [1.807, 2.05) is 35.1 Å². The molecule has 3 rings (SSSR count). The van der Waals surface area contributed by atoms with Gasteiger partial charge in [-0.05, 0) is 18.2 Å². The zero-order valence-electron chi connectivity index (χ0n) is 9.51. The lowest BCUT2D eigenvalue weighted by Crippen LogP contribution is -2.10. The standard InChI is InChI=1S/C12H11ClN4S/c13-9-3-1-4-10-11(9)18-12(16-10)14-6-8-17-7-2-5-15-17/h1-5,7H,6,8H2,(H,14,16). The Labute approximate surface area is 113 Å². The van der Waals surface area contributed by atoms with E-state index >= 15 is 0 Å². The van der Waals surface area contributed by atoms with Crippen LogP contribution in [0.3, 0.4) is 0 Å². The second-order valence-corrected chi connectivity index (χ2v) is 5.21. The third-order valence-corrected chi connectivity index (χ3v) is 4.03. The number of benzene rings is 1. The van der Waals surface area contributed by atoms with E-state index in [4.69, 9.17) is 11.6 Å². The predicted molar refractivity (Wildman–Crippen MR) is 75.3 cm³/mol. The number of nitrogens with zero attached hydrogens (tertiary/aromatic N) is 3. The van der Waals surface area contributed by atoms with E-state index in [0.29, 0.717) is 0 Å². The van der Waals surface area contributed by atoms with Gasteiger partial charge in [0.1, 0.15) is 0 Å². The fraction of sp³-hybridized carbons (Fsp3) is 0.167. The van der Waals surface area contributed by atoms with Crippen LogP contribution in [0, 0.1) is 0 Å². The number of anilines is 1. The molecular weight excluding hydrogens is 268 g/mol. The lowest BCUT2D eigenvalue weighted by Gasteiger charge is -2.02. The van der Waals surface area contributed by atoms with Crippen molar-refractivity contribution in [3.8, 4) is 0 Å². The molecule has 0 aliphatic carbocycles. The predicted octanol–water partition coefficient (Wildman–Crippen LogP) is 3.26. The molecule has 0 bridgehead atoms. The van der Waals surface area contributed by atoms with Crippen molar-refractivity contribution in [2.45, 2.75) is 6.54 Å². The van der Waals surface area contributed by atoms with E-state index in [9.17, 15) is 0 Å².